The highest BCUT2D eigenvalue weighted by Gasteiger charge is 2.24. The van der Waals surface area contributed by atoms with Crippen LogP contribution in [0.2, 0.25) is 0 Å². The minimum absolute atomic E-state index is 0.0550. The number of likely N-dealkylation sites (tertiary alicyclic amines) is 1. The number of hydrogen-bond acceptors (Lipinski definition) is 5. The van der Waals surface area contributed by atoms with Gasteiger partial charge in [0, 0.05) is 37.3 Å². The molecule has 0 aromatic heterocycles. The number of nitrogens with zero attached hydrogens (tertiary/aromatic N) is 2. The zero-order valence-electron chi connectivity index (χ0n) is 12.0. The van der Waals surface area contributed by atoms with E-state index in [1.165, 1.54) is 12.1 Å². The summed E-state index contributed by atoms with van der Waals surface area (Å²) >= 11 is 0. The number of amides is 1. The molecule has 7 heteroatoms. The molecular formula is C14H20N4O3. The third kappa shape index (κ3) is 3.69. The van der Waals surface area contributed by atoms with Crippen molar-refractivity contribution in [2.75, 3.05) is 25.9 Å². The van der Waals surface area contributed by atoms with Crippen LogP contribution in [-0.4, -0.2) is 35.9 Å². The maximum absolute atomic E-state index is 11.6. The van der Waals surface area contributed by atoms with Gasteiger partial charge in [0.2, 0.25) is 5.91 Å². The number of carbonyl (C=O) groups excluding carboxylic acids is 1. The molecule has 0 bridgehead atoms. The highest BCUT2D eigenvalue weighted by molar-refractivity contribution is 5.78. The number of nitrogen functional groups attached to an aromatic ring is 1. The summed E-state index contributed by atoms with van der Waals surface area (Å²) in [7, 11) is 1.65. The molecule has 0 saturated carbocycles. The normalized spacial score (nSPS) is 16.6. The van der Waals surface area contributed by atoms with Crippen molar-refractivity contribution >= 4 is 17.3 Å². The van der Waals surface area contributed by atoms with Gasteiger partial charge in [0.1, 0.15) is 0 Å². The van der Waals surface area contributed by atoms with E-state index in [1.54, 1.807) is 13.1 Å². The quantitative estimate of drug-likeness (QED) is 0.492. The summed E-state index contributed by atoms with van der Waals surface area (Å²) in [5, 5.41) is 13.5. The molecule has 1 aliphatic heterocycles. The van der Waals surface area contributed by atoms with Crippen molar-refractivity contribution in [3.05, 3.63) is 33.9 Å². The summed E-state index contributed by atoms with van der Waals surface area (Å²) in [6.45, 7) is 2.16. The van der Waals surface area contributed by atoms with E-state index < -0.39 is 4.92 Å². The summed E-state index contributed by atoms with van der Waals surface area (Å²) in [6.07, 6.45) is 1.60. The molecule has 1 aromatic carbocycles. The molecule has 1 heterocycles. The Morgan fingerprint density at radius 3 is 2.71 bits per heavy atom. The summed E-state index contributed by atoms with van der Waals surface area (Å²) in [4.78, 5) is 24.2. The maximum Gasteiger partial charge on any atom is 0.269 e. The van der Waals surface area contributed by atoms with Crippen molar-refractivity contribution < 1.29 is 9.72 Å². The molecular weight excluding hydrogens is 272 g/mol. The standard InChI is InChI=1S/C14H20N4O3/c1-16-14(19)10-4-6-17(7-5-10)9-11-8-12(18(20)21)2-3-13(11)15/h2-3,8,10H,4-7,9,15H2,1H3,(H,16,19). The number of nitro benzene ring substituents is 1. The first-order valence-corrected chi connectivity index (χ1v) is 6.98. The topological polar surface area (TPSA) is 102 Å². The molecule has 3 N–H and O–H groups in total. The smallest absolute Gasteiger partial charge is 0.269 e. The molecule has 0 atom stereocenters. The summed E-state index contributed by atoms with van der Waals surface area (Å²) in [6, 6.07) is 4.52. The Morgan fingerprint density at radius 2 is 2.14 bits per heavy atom. The van der Waals surface area contributed by atoms with Gasteiger partial charge < -0.3 is 11.1 Å². The van der Waals surface area contributed by atoms with Gasteiger partial charge in [0.05, 0.1) is 4.92 Å². The Bertz CT molecular complexity index is 539. The summed E-state index contributed by atoms with van der Waals surface area (Å²) in [5.74, 6) is 0.151. The lowest BCUT2D eigenvalue weighted by atomic mass is 9.95. The van der Waals surface area contributed by atoms with Crippen molar-refractivity contribution in [2.45, 2.75) is 19.4 Å². The first kappa shape index (κ1) is 15.2. The van der Waals surface area contributed by atoms with E-state index in [0.29, 0.717) is 12.2 Å². The van der Waals surface area contributed by atoms with Crippen LogP contribution in [0.3, 0.4) is 0 Å². The van der Waals surface area contributed by atoms with E-state index in [-0.39, 0.29) is 17.5 Å². The molecule has 0 spiro atoms. The molecule has 2 rings (SSSR count). The van der Waals surface area contributed by atoms with Gasteiger partial charge in [-0.25, -0.2) is 0 Å². The molecule has 0 unspecified atom stereocenters. The van der Waals surface area contributed by atoms with Crippen molar-refractivity contribution in [3.8, 4) is 0 Å². The molecule has 1 amide bonds. The Kier molecular flexibility index (Phi) is 4.74. The van der Waals surface area contributed by atoms with Crippen LogP contribution in [0.15, 0.2) is 18.2 Å². The number of anilines is 1. The van der Waals surface area contributed by atoms with Crippen LogP contribution in [0.1, 0.15) is 18.4 Å². The van der Waals surface area contributed by atoms with Crippen molar-refractivity contribution in [3.63, 3.8) is 0 Å². The average Bonchev–Trinajstić information content (AvgIpc) is 2.49. The Hall–Kier alpha value is -2.15. The van der Waals surface area contributed by atoms with Crippen LogP contribution in [0.25, 0.3) is 0 Å². The van der Waals surface area contributed by atoms with Crippen LogP contribution in [-0.2, 0) is 11.3 Å². The van der Waals surface area contributed by atoms with Crippen LogP contribution >= 0.6 is 0 Å². The van der Waals surface area contributed by atoms with Gasteiger partial charge in [-0.05, 0) is 37.6 Å². The lowest BCUT2D eigenvalue weighted by Gasteiger charge is -2.31. The molecule has 21 heavy (non-hydrogen) atoms. The van der Waals surface area contributed by atoms with E-state index in [2.05, 4.69) is 10.2 Å². The SMILES string of the molecule is CNC(=O)C1CCN(Cc2cc([N+](=O)[O-])ccc2N)CC1. The highest BCUT2D eigenvalue weighted by atomic mass is 16.6. The third-order valence-electron chi connectivity index (χ3n) is 3.94. The van der Waals surface area contributed by atoms with Gasteiger partial charge >= 0.3 is 0 Å². The lowest BCUT2D eigenvalue weighted by molar-refractivity contribution is -0.384. The average molecular weight is 292 g/mol. The van der Waals surface area contributed by atoms with Crippen molar-refractivity contribution in [1.29, 1.82) is 0 Å². The Morgan fingerprint density at radius 1 is 1.48 bits per heavy atom. The molecule has 7 nitrogen and oxygen atoms in total. The van der Waals surface area contributed by atoms with Crippen LogP contribution in [0.4, 0.5) is 11.4 Å². The molecule has 1 fully saturated rings. The van der Waals surface area contributed by atoms with E-state index >= 15 is 0 Å². The van der Waals surface area contributed by atoms with E-state index in [0.717, 1.165) is 31.5 Å². The molecule has 1 aromatic rings. The second-order valence-electron chi connectivity index (χ2n) is 5.30. The second-order valence-corrected chi connectivity index (χ2v) is 5.30. The number of rotatable bonds is 4. The van der Waals surface area contributed by atoms with Gasteiger partial charge in [-0.15, -0.1) is 0 Å². The number of carbonyl (C=O) groups is 1. The number of non-ortho nitro benzene ring substituents is 1. The third-order valence-corrected chi connectivity index (χ3v) is 3.94. The summed E-state index contributed by atoms with van der Waals surface area (Å²) < 4.78 is 0. The number of nitrogens with one attached hydrogen (secondary N) is 1. The second kappa shape index (κ2) is 6.53. The molecule has 114 valence electrons. The van der Waals surface area contributed by atoms with Gasteiger partial charge in [-0.1, -0.05) is 0 Å². The van der Waals surface area contributed by atoms with Gasteiger partial charge in [0.15, 0.2) is 0 Å². The predicted molar refractivity (Wildman–Crippen MR) is 79.6 cm³/mol. The van der Waals surface area contributed by atoms with Gasteiger partial charge in [0.25, 0.3) is 5.69 Å². The van der Waals surface area contributed by atoms with Crippen LogP contribution in [0.5, 0.6) is 0 Å². The number of benzene rings is 1. The van der Waals surface area contributed by atoms with Crippen molar-refractivity contribution in [1.82, 2.24) is 10.2 Å². The zero-order valence-corrected chi connectivity index (χ0v) is 12.0. The van der Waals surface area contributed by atoms with E-state index in [9.17, 15) is 14.9 Å². The zero-order chi connectivity index (χ0) is 15.4. The molecule has 1 aliphatic rings. The van der Waals surface area contributed by atoms with Gasteiger partial charge in [-0.3, -0.25) is 19.8 Å². The summed E-state index contributed by atoms with van der Waals surface area (Å²) in [5.41, 5.74) is 7.28. The first-order chi connectivity index (χ1) is 10.0. The van der Waals surface area contributed by atoms with Gasteiger partial charge in [-0.2, -0.15) is 0 Å². The Labute approximate surface area is 123 Å². The Balaban J connectivity index is 1.99. The van der Waals surface area contributed by atoms with Crippen LogP contribution < -0.4 is 11.1 Å². The first-order valence-electron chi connectivity index (χ1n) is 6.98. The fraction of sp³-hybridized carbons (Fsp3) is 0.500. The van der Waals surface area contributed by atoms with E-state index in [1.807, 2.05) is 0 Å². The molecule has 0 aliphatic carbocycles. The largest absolute Gasteiger partial charge is 0.398 e. The highest BCUT2D eigenvalue weighted by Crippen LogP contribution is 2.24. The number of piperidine rings is 1. The minimum Gasteiger partial charge on any atom is -0.398 e. The number of hydrogen-bond donors (Lipinski definition) is 2. The fourth-order valence-electron chi connectivity index (χ4n) is 2.64. The van der Waals surface area contributed by atoms with Crippen LogP contribution in [0, 0.1) is 16.0 Å². The molecule has 0 radical (unpaired) electrons. The fourth-order valence-corrected chi connectivity index (χ4v) is 2.64. The lowest BCUT2D eigenvalue weighted by Crippen LogP contribution is -2.39. The van der Waals surface area contributed by atoms with Crippen molar-refractivity contribution in [2.24, 2.45) is 5.92 Å². The number of nitro groups is 1. The van der Waals surface area contributed by atoms with E-state index in [4.69, 9.17) is 5.73 Å². The minimum atomic E-state index is -0.416. The monoisotopic (exact) mass is 292 g/mol. The number of nitrogens with two attached hydrogens (primary N) is 1. The maximum atomic E-state index is 11.6. The molecule has 1 saturated heterocycles. The predicted octanol–water partition coefficient (Wildman–Crippen LogP) is 1.13.